The van der Waals surface area contributed by atoms with Gasteiger partial charge in [0.25, 0.3) is 0 Å². The second-order valence-electron chi connectivity index (χ2n) is 8.05. The van der Waals surface area contributed by atoms with Crippen LogP contribution in [-0.4, -0.2) is 6.10 Å². The number of hydrogen-bond donors (Lipinski definition) is 1. The highest BCUT2D eigenvalue weighted by molar-refractivity contribution is 5.74. The molecule has 3 heteroatoms. The molecule has 3 aromatic rings. The molecule has 0 aliphatic carbocycles. The van der Waals surface area contributed by atoms with Crippen molar-refractivity contribution in [2.75, 3.05) is 4.90 Å². The molecule has 3 nitrogen and oxygen atoms in total. The summed E-state index contributed by atoms with van der Waals surface area (Å²) in [7, 11) is 0. The largest absolute Gasteiger partial charge is 0.491 e. The maximum atomic E-state index is 5.93. The van der Waals surface area contributed by atoms with Crippen molar-refractivity contribution in [2.45, 2.75) is 39.8 Å². The van der Waals surface area contributed by atoms with Gasteiger partial charge in [0, 0.05) is 23.6 Å². The average molecular weight is 413 g/mol. The molecule has 0 aliphatic heterocycles. The SMILES string of the molecule is C=CN(c1ccc(OC(C)C)cc1)c1ccc(/C=C\c2ccc(C(C)N)cc2)cc1C. The fourth-order valence-corrected chi connectivity index (χ4v) is 3.46. The minimum Gasteiger partial charge on any atom is -0.491 e. The van der Waals surface area contributed by atoms with Gasteiger partial charge in [-0.3, -0.25) is 0 Å². The number of ether oxygens (including phenoxy) is 1. The Hall–Kier alpha value is -3.30. The molecule has 3 aromatic carbocycles. The Kier molecular flexibility index (Phi) is 7.32. The average Bonchev–Trinajstić information content (AvgIpc) is 2.75. The Bertz CT molecular complexity index is 1030. The zero-order valence-electron chi connectivity index (χ0n) is 18.9. The molecule has 1 atom stereocenters. The molecule has 0 saturated carbocycles. The van der Waals surface area contributed by atoms with E-state index in [0.29, 0.717) is 0 Å². The van der Waals surface area contributed by atoms with Crippen molar-refractivity contribution in [2.24, 2.45) is 5.73 Å². The van der Waals surface area contributed by atoms with Crippen LogP contribution < -0.4 is 15.4 Å². The Morgan fingerprint density at radius 2 is 1.48 bits per heavy atom. The van der Waals surface area contributed by atoms with Gasteiger partial charge in [0.1, 0.15) is 5.75 Å². The van der Waals surface area contributed by atoms with Crippen molar-refractivity contribution in [3.63, 3.8) is 0 Å². The predicted molar refractivity (Wildman–Crippen MR) is 134 cm³/mol. The summed E-state index contributed by atoms with van der Waals surface area (Å²) in [5, 5.41) is 0. The van der Waals surface area contributed by atoms with E-state index in [-0.39, 0.29) is 12.1 Å². The third-order valence-electron chi connectivity index (χ3n) is 5.08. The van der Waals surface area contributed by atoms with Crippen LogP contribution >= 0.6 is 0 Å². The Balaban J connectivity index is 1.77. The molecular formula is C28H32N2O. The Labute approximate surface area is 186 Å². The molecule has 3 rings (SSSR count). The summed E-state index contributed by atoms with van der Waals surface area (Å²) >= 11 is 0. The van der Waals surface area contributed by atoms with Crippen molar-refractivity contribution in [3.05, 3.63) is 102 Å². The lowest BCUT2D eigenvalue weighted by molar-refractivity contribution is 0.242. The minimum absolute atomic E-state index is 0.0555. The molecule has 0 radical (unpaired) electrons. The van der Waals surface area contributed by atoms with Gasteiger partial charge >= 0.3 is 0 Å². The van der Waals surface area contributed by atoms with E-state index in [4.69, 9.17) is 10.5 Å². The number of anilines is 2. The van der Waals surface area contributed by atoms with Gasteiger partial charge in [-0.1, -0.05) is 49.1 Å². The van der Waals surface area contributed by atoms with E-state index in [1.807, 2.05) is 39.1 Å². The van der Waals surface area contributed by atoms with E-state index in [1.165, 1.54) is 5.56 Å². The highest BCUT2D eigenvalue weighted by atomic mass is 16.5. The summed E-state index contributed by atoms with van der Waals surface area (Å²) < 4.78 is 5.75. The topological polar surface area (TPSA) is 38.5 Å². The third kappa shape index (κ3) is 5.87. The van der Waals surface area contributed by atoms with Crippen LogP contribution in [0.25, 0.3) is 12.2 Å². The lowest BCUT2D eigenvalue weighted by Gasteiger charge is -2.23. The van der Waals surface area contributed by atoms with Gasteiger partial charge in [0.2, 0.25) is 0 Å². The van der Waals surface area contributed by atoms with Crippen molar-refractivity contribution in [3.8, 4) is 5.75 Å². The van der Waals surface area contributed by atoms with Gasteiger partial charge in [-0.25, -0.2) is 0 Å². The first-order chi connectivity index (χ1) is 14.9. The molecule has 0 spiro atoms. The number of rotatable bonds is 8. The third-order valence-corrected chi connectivity index (χ3v) is 5.08. The summed E-state index contributed by atoms with van der Waals surface area (Å²) in [5.41, 5.74) is 12.7. The van der Waals surface area contributed by atoms with Gasteiger partial charge in [-0.15, -0.1) is 0 Å². The fourth-order valence-electron chi connectivity index (χ4n) is 3.46. The minimum atomic E-state index is 0.0555. The van der Waals surface area contributed by atoms with Crippen molar-refractivity contribution < 1.29 is 4.74 Å². The summed E-state index contributed by atoms with van der Waals surface area (Å²) in [6.07, 6.45) is 6.26. The second-order valence-corrected chi connectivity index (χ2v) is 8.05. The summed E-state index contributed by atoms with van der Waals surface area (Å²) in [6, 6.07) is 23.0. The maximum Gasteiger partial charge on any atom is 0.119 e. The first kappa shape index (κ1) is 22.4. The second kappa shape index (κ2) is 10.1. The van der Waals surface area contributed by atoms with Crippen LogP contribution in [0.15, 0.2) is 79.5 Å². The molecule has 0 aliphatic rings. The van der Waals surface area contributed by atoms with E-state index >= 15 is 0 Å². The highest BCUT2D eigenvalue weighted by Gasteiger charge is 2.10. The number of nitrogens with two attached hydrogens (primary N) is 1. The molecule has 160 valence electrons. The van der Waals surface area contributed by atoms with Gasteiger partial charge in [0.15, 0.2) is 0 Å². The summed E-state index contributed by atoms with van der Waals surface area (Å²) in [6.45, 7) is 12.2. The molecule has 1 unspecified atom stereocenters. The van der Waals surface area contributed by atoms with Gasteiger partial charge in [-0.05, 0) is 86.3 Å². The van der Waals surface area contributed by atoms with Crippen LogP contribution in [0.5, 0.6) is 5.75 Å². The van der Waals surface area contributed by atoms with E-state index in [9.17, 15) is 0 Å². The first-order valence-corrected chi connectivity index (χ1v) is 10.7. The zero-order valence-corrected chi connectivity index (χ0v) is 18.9. The number of hydrogen-bond acceptors (Lipinski definition) is 3. The van der Waals surface area contributed by atoms with Crippen LogP contribution in [0.2, 0.25) is 0 Å². The molecular weight excluding hydrogens is 380 g/mol. The van der Waals surface area contributed by atoms with Gasteiger partial charge < -0.3 is 15.4 Å². The van der Waals surface area contributed by atoms with E-state index < -0.39 is 0 Å². The quantitative estimate of drug-likeness (QED) is 0.396. The molecule has 0 heterocycles. The van der Waals surface area contributed by atoms with Gasteiger partial charge in [-0.2, -0.15) is 0 Å². The standard InChI is InChI=1S/C28H32N2O/c1-6-30(26-14-16-27(17-15-26)31-20(2)3)28-18-11-24(19-21(28)4)8-7-23-9-12-25(13-10-23)22(5)29/h6-20,22H,1,29H2,2-5H3/b8-7-. The summed E-state index contributed by atoms with van der Waals surface area (Å²) in [5.74, 6) is 0.869. The lowest BCUT2D eigenvalue weighted by atomic mass is 10.0. The van der Waals surface area contributed by atoms with E-state index in [2.05, 4.69) is 85.2 Å². The number of benzene rings is 3. The lowest BCUT2D eigenvalue weighted by Crippen LogP contribution is -2.10. The predicted octanol–water partition coefficient (Wildman–Crippen LogP) is 7.25. The van der Waals surface area contributed by atoms with Gasteiger partial charge in [0.05, 0.1) is 6.10 Å². The van der Waals surface area contributed by atoms with E-state index in [0.717, 1.165) is 33.8 Å². The molecule has 0 bridgehead atoms. The molecule has 0 saturated heterocycles. The zero-order chi connectivity index (χ0) is 22.4. The Morgan fingerprint density at radius 3 is 2.03 bits per heavy atom. The van der Waals surface area contributed by atoms with E-state index in [1.54, 1.807) is 0 Å². The fraction of sp³-hybridized carbons (Fsp3) is 0.214. The van der Waals surface area contributed by atoms with Crippen LogP contribution in [0.4, 0.5) is 11.4 Å². The molecule has 2 N–H and O–H groups in total. The molecule has 0 aromatic heterocycles. The monoisotopic (exact) mass is 412 g/mol. The van der Waals surface area contributed by atoms with Crippen molar-refractivity contribution >= 4 is 23.5 Å². The molecule has 31 heavy (non-hydrogen) atoms. The number of aryl methyl sites for hydroxylation is 1. The first-order valence-electron chi connectivity index (χ1n) is 10.7. The molecule has 0 amide bonds. The van der Waals surface area contributed by atoms with Crippen LogP contribution in [0, 0.1) is 6.92 Å². The Morgan fingerprint density at radius 1 is 0.871 bits per heavy atom. The maximum absolute atomic E-state index is 5.93. The van der Waals surface area contributed by atoms with Crippen LogP contribution in [-0.2, 0) is 0 Å². The van der Waals surface area contributed by atoms with Crippen molar-refractivity contribution in [1.29, 1.82) is 0 Å². The number of nitrogens with zero attached hydrogens (tertiary/aromatic N) is 1. The van der Waals surface area contributed by atoms with Crippen molar-refractivity contribution in [1.82, 2.24) is 0 Å². The highest BCUT2D eigenvalue weighted by Crippen LogP contribution is 2.31. The molecule has 0 fully saturated rings. The summed E-state index contributed by atoms with van der Waals surface area (Å²) in [4.78, 5) is 2.09. The smallest absolute Gasteiger partial charge is 0.119 e. The van der Waals surface area contributed by atoms with Crippen LogP contribution in [0.1, 0.15) is 49.1 Å². The normalized spacial score (nSPS) is 12.2. The van der Waals surface area contributed by atoms with Crippen LogP contribution in [0.3, 0.4) is 0 Å².